The Hall–Kier alpha value is -1.84. The quantitative estimate of drug-likeness (QED) is 0.792. The summed E-state index contributed by atoms with van der Waals surface area (Å²) in [6.07, 6.45) is 0.653. The van der Waals surface area contributed by atoms with Gasteiger partial charge in [-0.2, -0.15) is 0 Å². The van der Waals surface area contributed by atoms with Gasteiger partial charge < -0.3 is 9.84 Å². The Labute approximate surface area is 99.2 Å². The molecule has 1 saturated carbocycles. The average Bonchev–Trinajstić information content (AvgIpc) is 2.28. The third-order valence-electron chi connectivity index (χ3n) is 3.03. The van der Waals surface area contributed by atoms with Crippen molar-refractivity contribution in [3.05, 3.63) is 23.8 Å². The fourth-order valence-corrected chi connectivity index (χ4v) is 2.24. The molecule has 17 heavy (non-hydrogen) atoms. The fraction of sp³-hybridized carbons (Fsp3) is 0.385. The van der Waals surface area contributed by atoms with Crippen molar-refractivity contribution < 1.29 is 19.4 Å². The van der Waals surface area contributed by atoms with Gasteiger partial charge in [-0.05, 0) is 6.07 Å². The van der Waals surface area contributed by atoms with Crippen LogP contribution in [0.15, 0.2) is 18.2 Å². The maximum absolute atomic E-state index is 11.4. The third-order valence-corrected chi connectivity index (χ3v) is 3.03. The molecule has 1 N–H and O–H groups in total. The molecule has 0 atom stereocenters. The number of rotatable bonds is 2. The van der Waals surface area contributed by atoms with Gasteiger partial charge in [0.1, 0.15) is 11.6 Å². The molecule has 4 nitrogen and oxygen atoms in total. The fourth-order valence-electron chi connectivity index (χ4n) is 2.24. The lowest BCUT2D eigenvalue weighted by Crippen LogP contribution is -2.21. The molecule has 1 aromatic carbocycles. The summed E-state index contributed by atoms with van der Waals surface area (Å²) in [5, 5.41) is 9.97. The van der Waals surface area contributed by atoms with Crippen LogP contribution in [0.5, 0.6) is 11.5 Å². The van der Waals surface area contributed by atoms with Gasteiger partial charge >= 0.3 is 0 Å². The van der Waals surface area contributed by atoms with Crippen LogP contribution in [0.1, 0.15) is 30.7 Å². The second kappa shape index (κ2) is 4.57. The minimum absolute atomic E-state index is 0.0290. The zero-order valence-electron chi connectivity index (χ0n) is 9.60. The monoisotopic (exact) mass is 234 g/mol. The molecule has 1 fully saturated rings. The molecule has 1 aliphatic rings. The number of benzene rings is 1. The Kier molecular flexibility index (Phi) is 3.13. The average molecular weight is 234 g/mol. The highest BCUT2D eigenvalue weighted by molar-refractivity contribution is 6.02. The van der Waals surface area contributed by atoms with Gasteiger partial charge in [-0.25, -0.2) is 0 Å². The molecule has 0 radical (unpaired) electrons. The number of carbonyl (C=O) groups is 2. The first kappa shape index (κ1) is 11.6. The summed E-state index contributed by atoms with van der Waals surface area (Å²) in [6, 6.07) is 5.12. The third kappa shape index (κ3) is 2.30. The van der Waals surface area contributed by atoms with Crippen LogP contribution in [0.3, 0.4) is 0 Å². The van der Waals surface area contributed by atoms with E-state index in [-0.39, 0.29) is 29.7 Å². The molecule has 2 rings (SSSR count). The van der Waals surface area contributed by atoms with E-state index in [1.165, 1.54) is 7.11 Å². The lowest BCUT2D eigenvalue weighted by atomic mass is 9.82. The summed E-state index contributed by atoms with van der Waals surface area (Å²) in [6.45, 7) is 0. The molecule has 0 spiro atoms. The second-order valence-electron chi connectivity index (χ2n) is 4.26. The Bertz CT molecular complexity index is 448. The largest absolute Gasteiger partial charge is 0.504 e. The van der Waals surface area contributed by atoms with Gasteiger partial charge in [-0.3, -0.25) is 9.59 Å². The van der Waals surface area contributed by atoms with Crippen LogP contribution in [-0.2, 0) is 9.59 Å². The first-order chi connectivity index (χ1) is 8.11. The van der Waals surface area contributed by atoms with Crippen LogP contribution in [0.2, 0.25) is 0 Å². The molecule has 0 unspecified atom stereocenters. The number of hydrogen-bond acceptors (Lipinski definition) is 4. The van der Waals surface area contributed by atoms with E-state index in [2.05, 4.69) is 0 Å². The summed E-state index contributed by atoms with van der Waals surface area (Å²) in [5.74, 6) is 0.0521. The van der Waals surface area contributed by atoms with E-state index in [0.29, 0.717) is 24.2 Å². The molecular weight excluding hydrogens is 220 g/mol. The number of ketones is 2. The number of para-hydroxylation sites is 1. The maximum atomic E-state index is 11.4. The van der Waals surface area contributed by atoms with E-state index in [0.717, 1.165) is 0 Å². The summed E-state index contributed by atoms with van der Waals surface area (Å²) in [5.41, 5.74) is 0.616. The molecule has 0 bridgehead atoms. The first-order valence-corrected chi connectivity index (χ1v) is 5.51. The van der Waals surface area contributed by atoms with E-state index in [9.17, 15) is 14.7 Å². The Morgan fingerprint density at radius 1 is 1.24 bits per heavy atom. The smallest absolute Gasteiger partial charge is 0.161 e. The lowest BCUT2D eigenvalue weighted by molar-refractivity contribution is -0.130. The predicted octanol–water partition coefficient (Wildman–Crippen LogP) is 1.81. The molecule has 0 saturated heterocycles. The molecule has 0 aliphatic heterocycles. The van der Waals surface area contributed by atoms with Gasteiger partial charge in [0.05, 0.1) is 13.5 Å². The molecule has 1 aromatic rings. The van der Waals surface area contributed by atoms with Crippen molar-refractivity contribution in [3.8, 4) is 11.5 Å². The highest BCUT2D eigenvalue weighted by atomic mass is 16.5. The number of ether oxygens (including phenoxy) is 1. The van der Waals surface area contributed by atoms with Gasteiger partial charge in [-0.15, -0.1) is 0 Å². The second-order valence-corrected chi connectivity index (χ2v) is 4.26. The van der Waals surface area contributed by atoms with Gasteiger partial charge in [0.15, 0.2) is 11.5 Å². The van der Waals surface area contributed by atoms with Crippen molar-refractivity contribution in [3.63, 3.8) is 0 Å². The van der Waals surface area contributed by atoms with Crippen LogP contribution < -0.4 is 4.74 Å². The number of phenols is 1. The highest BCUT2D eigenvalue weighted by Crippen LogP contribution is 2.39. The summed E-state index contributed by atoms with van der Waals surface area (Å²) in [7, 11) is 1.47. The Morgan fingerprint density at radius 2 is 1.88 bits per heavy atom. The first-order valence-electron chi connectivity index (χ1n) is 5.51. The van der Waals surface area contributed by atoms with Gasteiger partial charge in [-0.1, -0.05) is 12.1 Å². The van der Waals surface area contributed by atoms with E-state index in [1.54, 1.807) is 18.2 Å². The van der Waals surface area contributed by atoms with Crippen molar-refractivity contribution in [1.82, 2.24) is 0 Å². The molecule has 1 aliphatic carbocycles. The van der Waals surface area contributed by atoms with E-state index >= 15 is 0 Å². The topological polar surface area (TPSA) is 63.6 Å². The molecule has 0 aromatic heterocycles. The summed E-state index contributed by atoms with van der Waals surface area (Å²) in [4.78, 5) is 22.8. The number of aromatic hydroxyl groups is 1. The minimum atomic E-state index is -0.223. The standard InChI is InChI=1S/C13H14O4/c1-17-12-4-2-3-11(13(12)16)8-5-9(14)7-10(15)6-8/h2-4,8,16H,5-7H2,1H3. The Morgan fingerprint density at radius 3 is 2.47 bits per heavy atom. The van der Waals surface area contributed by atoms with E-state index < -0.39 is 0 Å². The van der Waals surface area contributed by atoms with E-state index in [4.69, 9.17) is 4.74 Å². The van der Waals surface area contributed by atoms with E-state index in [1.807, 2.05) is 0 Å². The van der Waals surface area contributed by atoms with Crippen LogP contribution in [0, 0.1) is 0 Å². The number of hydrogen-bond donors (Lipinski definition) is 1. The normalized spacial score (nSPS) is 17.2. The van der Waals surface area contributed by atoms with Gasteiger partial charge in [0, 0.05) is 24.3 Å². The SMILES string of the molecule is COc1cccc(C2CC(=O)CC(=O)C2)c1O. The predicted molar refractivity (Wildman–Crippen MR) is 61.3 cm³/mol. The van der Waals surface area contributed by atoms with Crippen LogP contribution in [0.25, 0.3) is 0 Å². The summed E-state index contributed by atoms with van der Waals surface area (Å²) < 4.78 is 5.01. The minimum Gasteiger partial charge on any atom is -0.504 e. The van der Waals surface area contributed by atoms with Crippen molar-refractivity contribution >= 4 is 11.6 Å². The summed E-state index contributed by atoms with van der Waals surface area (Å²) >= 11 is 0. The molecular formula is C13H14O4. The number of carbonyl (C=O) groups excluding carboxylic acids is 2. The van der Waals surface area contributed by atoms with Crippen LogP contribution >= 0.6 is 0 Å². The van der Waals surface area contributed by atoms with Gasteiger partial charge in [0.2, 0.25) is 0 Å². The number of methoxy groups -OCH3 is 1. The van der Waals surface area contributed by atoms with Crippen LogP contribution in [0.4, 0.5) is 0 Å². The van der Waals surface area contributed by atoms with Crippen LogP contribution in [-0.4, -0.2) is 23.8 Å². The lowest BCUT2D eigenvalue weighted by Gasteiger charge is -2.21. The number of phenolic OH excluding ortho intramolecular Hbond substituents is 1. The zero-order chi connectivity index (χ0) is 12.4. The number of Topliss-reactive ketones (excluding diaryl/α,β-unsaturated/α-hetero) is 2. The van der Waals surface area contributed by atoms with Crippen molar-refractivity contribution in [2.75, 3.05) is 7.11 Å². The Balaban J connectivity index is 2.33. The zero-order valence-corrected chi connectivity index (χ0v) is 9.60. The van der Waals surface area contributed by atoms with Gasteiger partial charge in [0.25, 0.3) is 0 Å². The maximum Gasteiger partial charge on any atom is 0.161 e. The molecule has 0 amide bonds. The van der Waals surface area contributed by atoms with Crippen molar-refractivity contribution in [2.45, 2.75) is 25.2 Å². The molecule has 90 valence electrons. The van der Waals surface area contributed by atoms with Crippen molar-refractivity contribution in [2.24, 2.45) is 0 Å². The van der Waals surface area contributed by atoms with Crippen molar-refractivity contribution in [1.29, 1.82) is 0 Å². The molecule has 0 heterocycles. The highest BCUT2D eigenvalue weighted by Gasteiger charge is 2.28. The molecule has 4 heteroatoms.